The lowest BCUT2D eigenvalue weighted by Gasteiger charge is -2.35. The summed E-state index contributed by atoms with van der Waals surface area (Å²) in [4.78, 5) is 41.0. The molecular weight excluding hydrogens is 406 g/mol. The van der Waals surface area contributed by atoms with Crippen LogP contribution in [0.15, 0.2) is 41.3 Å². The molecule has 1 fully saturated rings. The van der Waals surface area contributed by atoms with Crippen LogP contribution in [0.5, 0.6) is 0 Å². The first-order chi connectivity index (χ1) is 15.5. The fourth-order valence-corrected chi connectivity index (χ4v) is 4.45. The molecule has 1 aromatic carbocycles. The van der Waals surface area contributed by atoms with Crippen LogP contribution in [0, 0.1) is 5.92 Å². The van der Waals surface area contributed by atoms with Gasteiger partial charge >= 0.3 is 0 Å². The van der Waals surface area contributed by atoms with Crippen molar-refractivity contribution in [3.8, 4) is 0 Å². The normalized spacial score (nSPS) is 16.8. The number of amides is 2. The van der Waals surface area contributed by atoms with Gasteiger partial charge in [-0.25, -0.2) is 0 Å². The lowest BCUT2D eigenvalue weighted by atomic mass is 9.83. The van der Waals surface area contributed by atoms with E-state index in [9.17, 15) is 19.5 Å². The fourth-order valence-electron chi connectivity index (χ4n) is 4.45. The van der Waals surface area contributed by atoms with Crippen molar-refractivity contribution in [3.63, 3.8) is 0 Å². The molecule has 2 aromatic rings. The van der Waals surface area contributed by atoms with Crippen molar-refractivity contribution in [2.75, 3.05) is 13.2 Å². The van der Waals surface area contributed by atoms with E-state index in [2.05, 4.69) is 5.32 Å². The topological polar surface area (TPSA) is 91.6 Å². The summed E-state index contributed by atoms with van der Waals surface area (Å²) in [5, 5.41) is 12.1. The summed E-state index contributed by atoms with van der Waals surface area (Å²) in [5.41, 5.74) is 2.52. The van der Waals surface area contributed by atoms with Gasteiger partial charge in [-0.2, -0.15) is 0 Å². The third-order valence-corrected chi connectivity index (χ3v) is 6.60. The number of nitrogens with zero attached hydrogens (tertiary/aromatic N) is 2. The molecule has 1 aromatic heterocycles. The van der Waals surface area contributed by atoms with Gasteiger partial charge in [-0.1, -0.05) is 36.8 Å². The highest BCUT2D eigenvalue weighted by Crippen LogP contribution is 2.30. The molecule has 0 radical (unpaired) electrons. The third-order valence-electron chi connectivity index (χ3n) is 6.60. The van der Waals surface area contributed by atoms with Gasteiger partial charge in [0.2, 0.25) is 5.91 Å². The fraction of sp³-hybridized carbons (Fsp3) is 0.480. The minimum absolute atomic E-state index is 0.119. The van der Waals surface area contributed by atoms with Crippen LogP contribution in [0.4, 0.5) is 0 Å². The Bertz CT molecular complexity index is 1040. The summed E-state index contributed by atoms with van der Waals surface area (Å²) in [5.74, 6) is -0.154. The first-order valence-corrected chi connectivity index (χ1v) is 11.5. The minimum atomic E-state index is -0.458. The summed E-state index contributed by atoms with van der Waals surface area (Å²) in [6, 6.07) is 9.45. The summed E-state index contributed by atoms with van der Waals surface area (Å²) in [6.07, 6.45) is 5.98. The van der Waals surface area contributed by atoms with E-state index >= 15 is 0 Å². The molecule has 1 aliphatic heterocycles. The number of hydrogen-bond acceptors (Lipinski definition) is 4. The van der Waals surface area contributed by atoms with Gasteiger partial charge in [0.25, 0.3) is 11.5 Å². The monoisotopic (exact) mass is 437 g/mol. The number of aryl methyl sites for hydroxylation is 2. The highest BCUT2D eigenvalue weighted by Gasteiger charge is 2.33. The van der Waals surface area contributed by atoms with E-state index in [4.69, 9.17) is 0 Å². The van der Waals surface area contributed by atoms with E-state index in [1.54, 1.807) is 11.5 Å². The Morgan fingerprint density at radius 1 is 1.22 bits per heavy atom. The maximum Gasteiger partial charge on any atom is 0.263 e. The Labute approximate surface area is 188 Å². The summed E-state index contributed by atoms with van der Waals surface area (Å²) >= 11 is 0. The molecule has 1 aliphatic carbocycles. The van der Waals surface area contributed by atoms with Gasteiger partial charge in [-0.3, -0.25) is 14.4 Å². The zero-order valence-electron chi connectivity index (χ0n) is 18.5. The number of hydrogen-bond donors (Lipinski definition) is 2. The second-order valence-corrected chi connectivity index (χ2v) is 8.94. The van der Waals surface area contributed by atoms with E-state index in [0.717, 1.165) is 36.0 Å². The Kier molecular flexibility index (Phi) is 6.74. The Balaban J connectivity index is 1.65. The van der Waals surface area contributed by atoms with E-state index in [1.807, 2.05) is 41.4 Å². The molecule has 0 spiro atoms. The molecule has 1 saturated carbocycles. The number of carbonyl (C=O) groups is 2. The van der Waals surface area contributed by atoms with Crippen LogP contribution in [-0.4, -0.2) is 45.6 Å². The molecule has 0 bridgehead atoms. The molecule has 2 aliphatic rings. The van der Waals surface area contributed by atoms with Crippen molar-refractivity contribution >= 4 is 11.8 Å². The van der Waals surface area contributed by atoms with E-state index < -0.39 is 11.9 Å². The Morgan fingerprint density at radius 2 is 1.97 bits per heavy atom. The number of nitrogens with one attached hydrogen (secondary N) is 1. The lowest BCUT2D eigenvalue weighted by molar-refractivity contribution is -0.139. The number of carbonyl (C=O) groups excluding carboxylic acids is 2. The highest BCUT2D eigenvalue weighted by atomic mass is 16.3. The predicted octanol–water partition coefficient (Wildman–Crippen LogP) is 1.89. The van der Waals surface area contributed by atoms with Crippen molar-refractivity contribution in [2.24, 2.45) is 5.92 Å². The molecule has 7 nitrogen and oxygen atoms in total. The van der Waals surface area contributed by atoms with Crippen LogP contribution in [0.3, 0.4) is 0 Å². The first-order valence-electron chi connectivity index (χ1n) is 11.5. The third kappa shape index (κ3) is 4.63. The largest absolute Gasteiger partial charge is 0.394 e. The van der Waals surface area contributed by atoms with Gasteiger partial charge < -0.3 is 19.9 Å². The maximum absolute atomic E-state index is 13.3. The van der Waals surface area contributed by atoms with E-state index in [-0.39, 0.29) is 29.6 Å². The lowest BCUT2D eigenvalue weighted by Crippen LogP contribution is -2.45. The van der Waals surface area contributed by atoms with Crippen molar-refractivity contribution in [1.29, 1.82) is 0 Å². The van der Waals surface area contributed by atoms with Gasteiger partial charge in [-0.05, 0) is 49.3 Å². The molecule has 32 heavy (non-hydrogen) atoms. The van der Waals surface area contributed by atoms with Crippen molar-refractivity contribution in [2.45, 2.75) is 58.2 Å². The van der Waals surface area contributed by atoms with Gasteiger partial charge in [0, 0.05) is 37.8 Å². The van der Waals surface area contributed by atoms with Crippen LogP contribution < -0.4 is 10.9 Å². The van der Waals surface area contributed by atoms with E-state index in [1.165, 1.54) is 0 Å². The molecule has 2 amide bonds. The van der Waals surface area contributed by atoms with E-state index in [0.29, 0.717) is 32.5 Å². The second kappa shape index (κ2) is 9.69. The second-order valence-electron chi connectivity index (χ2n) is 8.94. The standard InChI is InChI=1S/C25H31N3O4/c1-17(16-29)26-23(30)22-21-11-13-27(24(31)19-8-5-9-19)14-20(21)15-28(25(22)32)12-10-18-6-3-2-4-7-18/h2-4,6-7,15,17,19,29H,5,8-14,16H2,1H3,(H,26,30). The molecular formula is C25H31N3O4. The SMILES string of the molecule is CC(CO)NC(=O)c1c2c(cn(CCc3ccccc3)c1=O)CN(C(=O)C1CCC1)CC2. The zero-order chi connectivity index (χ0) is 22.7. The number of aliphatic hydroxyl groups excluding tert-OH is 1. The van der Waals surface area contributed by atoms with Crippen LogP contribution in [-0.2, 0) is 30.7 Å². The average molecular weight is 438 g/mol. The number of aromatic nitrogens is 1. The summed E-state index contributed by atoms with van der Waals surface area (Å²) < 4.78 is 1.60. The number of pyridine rings is 1. The van der Waals surface area contributed by atoms with Gasteiger partial charge in [0.15, 0.2) is 0 Å². The minimum Gasteiger partial charge on any atom is -0.394 e. The van der Waals surface area contributed by atoms with Crippen LogP contribution in [0.2, 0.25) is 0 Å². The molecule has 4 rings (SSSR count). The highest BCUT2D eigenvalue weighted by molar-refractivity contribution is 5.96. The molecule has 2 N–H and O–H groups in total. The summed E-state index contributed by atoms with van der Waals surface area (Å²) in [6.45, 7) is 2.88. The molecule has 1 unspecified atom stereocenters. The molecule has 1 atom stereocenters. The van der Waals surface area contributed by atoms with Gasteiger partial charge in [0.05, 0.1) is 6.61 Å². The van der Waals surface area contributed by atoms with Crippen LogP contribution in [0.1, 0.15) is 53.2 Å². The number of benzene rings is 1. The maximum atomic E-state index is 13.3. The molecule has 0 saturated heterocycles. The molecule has 2 heterocycles. The Morgan fingerprint density at radius 3 is 2.62 bits per heavy atom. The van der Waals surface area contributed by atoms with Gasteiger partial charge in [0.1, 0.15) is 5.56 Å². The van der Waals surface area contributed by atoms with Crippen molar-refractivity contribution in [3.05, 3.63) is 69.1 Å². The summed E-state index contributed by atoms with van der Waals surface area (Å²) in [7, 11) is 0. The number of fused-ring (bicyclic) bond motifs is 1. The van der Waals surface area contributed by atoms with Gasteiger partial charge in [-0.15, -0.1) is 0 Å². The first kappa shape index (κ1) is 22.3. The number of aliphatic hydroxyl groups is 1. The quantitative estimate of drug-likeness (QED) is 0.692. The number of rotatable bonds is 7. The van der Waals surface area contributed by atoms with Crippen LogP contribution >= 0.6 is 0 Å². The van der Waals surface area contributed by atoms with Crippen LogP contribution in [0.25, 0.3) is 0 Å². The smallest absolute Gasteiger partial charge is 0.263 e. The van der Waals surface area contributed by atoms with Crippen molar-refractivity contribution < 1.29 is 14.7 Å². The van der Waals surface area contributed by atoms with Crippen molar-refractivity contribution in [1.82, 2.24) is 14.8 Å². The zero-order valence-corrected chi connectivity index (χ0v) is 18.5. The Hall–Kier alpha value is -2.93. The predicted molar refractivity (Wildman–Crippen MR) is 121 cm³/mol. The molecule has 7 heteroatoms. The average Bonchev–Trinajstić information content (AvgIpc) is 2.76. The molecule has 170 valence electrons.